The zero-order valence-corrected chi connectivity index (χ0v) is 8.17. The summed E-state index contributed by atoms with van der Waals surface area (Å²) >= 11 is 0. The standard InChI is InChI=1S/C10H15NO2/c1-4-7-13-11-9(2)10(3)6-5-8-12-10/h1H,5-8H2,2-3H3/b11-9+. The minimum absolute atomic E-state index is 0.216. The second kappa shape index (κ2) is 4.29. The quantitative estimate of drug-likeness (QED) is 0.286. The fraction of sp³-hybridized carbons (Fsp3) is 0.700. The highest BCUT2D eigenvalue weighted by Crippen LogP contribution is 2.26. The maximum absolute atomic E-state index is 5.57. The van der Waals surface area contributed by atoms with Gasteiger partial charge < -0.3 is 9.57 Å². The number of ether oxygens (including phenoxy) is 1. The summed E-state index contributed by atoms with van der Waals surface area (Å²) in [6.45, 7) is 4.95. The van der Waals surface area contributed by atoms with Gasteiger partial charge in [0.05, 0.1) is 5.71 Å². The van der Waals surface area contributed by atoms with Gasteiger partial charge in [-0.15, -0.1) is 6.42 Å². The van der Waals surface area contributed by atoms with Gasteiger partial charge in [-0.2, -0.15) is 0 Å². The van der Waals surface area contributed by atoms with Gasteiger partial charge in [-0.25, -0.2) is 0 Å². The molecule has 0 spiro atoms. The molecule has 1 atom stereocenters. The first-order valence-electron chi connectivity index (χ1n) is 4.43. The summed E-state index contributed by atoms with van der Waals surface area (Å²) < 4.78 is 5.57. The number of hydrogen-bond acceptors (Lipinski definition) is 3. The number of nitrogens with zero attached hydrogens (tertiary/aromatic N) is 1. The summed E-state index contributed by atoms with van der Waals surface area (Å²) in [4.78, 5) is 4.89. The van der Waals surface area contributed by atoms with Crippen molar-refractivity contribution in [2.45, 2.75) is 32.3 Å². The van der Waals surface area contributed by atoms with Crippen molar-refractivity contribution >= 4 is 5.71 Å². The average Bonchev–Trinajstić information content (AvgIpc) is 2.54. The molecule has 0 aliphatic carbocycles. The van der Waals surface area contributed by atoms with E-state index in [1.807, 2.05) is 13.8 Å². The van der Waals surface area contributed by atoms with Crippen molar-refractivity contribution in [3.05, 3.63) is 0 Å². The van der Waals surface area contributed by atoms with Crippen molar-refractivity contribution in [3.63, 3.8) is 0 Å². The fourth-order valence-corrected chi connectivity index (χ4v) is 1.33. The molecule has 3 nitrogen and oxygen atoms in total. The molecule has 0 bridgehead atoms. The lowest BCUT2D eigenvalue weighted by molar-refractivity contribution is 0.0708. The van der Waals surface area contributed by atoms with Crippen LogP contribution in [-0.4, -0.2) is 24.5 Å². The molecular formula is C10H15NO2. The summed E-state index contributed by atoms with van der Waals surface area (Å²) in [5, 5.41) is 3.92. The molecule has 72 valence electrons. The van der Waals surface area contributed by atoms with Gasteiger partial charge in [-0.3, -0.25) is 0 Å². The van der Waals surface area contributed by atoms with Crippen LogP contribution in [0, 0.1) is 12.3 Å². The van der Waals surface area contributed by atoms with Gasteiger partial charge in [-0.1, -0.05) is 11.1 Å². The van der Waals surface area contributed by atoms with Crippen LogP contribution in [0.15, 0.2) is 5.16 Å². The molecule has 1 aliphatic rings. The van der Waals surface area contributed by atoms with Crippen molar-refractivity contribution < 1.29 is 9.57 Å². The van der Waals surface area contributed by atoms with Crippen LogP contribution < -0.4 is 0 Å². The second-order valence-electron chi connectivity index (χ2n) is 3.34. The SMILES string of the molecule is C#CCO/N=C(\C)C1(C)CCCO1. The first-order valence-corrected chi connectivity index (χ1v) is 4.43. The first-order chi connectivity index (χ1) is 6.19. The lowest BCUT2D eigenvalue weighted by Crippen LogP contribution is -2.32. The molecule has 0 N–H and O–H groups in total. The maximum Gasteiger partial charge on any atom is 0.177 e. The van der Waals surface area contributed by atoms with Crippen LogP contribution in [0.5, 0.6) is 0 Å². The fourth-order valence-electron chi connectivity index (χ4n) is 1.33. The Morgan fingerprint density at radius 3 is 3.08 bits per heavy atom. The van der Waals surface area contributed by atoms with E-state index in [4.69, 9.17) is 16.0 Å². The molecule has 1 unspecified atom stereocenters. The van der Waals surface area contributed by atoms with Crippen LogP contribution in [-0.2, 0) is 9.57 Å². The smallest absolute Gasteiger partial charge is 0.177 e. The van der Waals surface area contributed by atoms with Crippen LogP contribution in [0.2, 0.25) is 0 Å². The van der Waals surface area contributed by atoms with E-state index in [1.54, 1.807) is 0 Å². The zero-order valence-electron chi connectivity index (χ0n) is 8.17. The first kappa shape index (κ1) is 10.1. The van der Waals surface area contributed by atoms with E-state index in [2.05, 4.69) is 11.1 Å². The normalized spacial score (nSPS) is 28.5. The Hall–Kier alpha value is -1.01. The molecule has 3 heteroatoms. The van der Waals surface area contributed by atoms with E-state index in [9.17, 15) is 0 Å². The van der Waals surface area contributed by atoms with Crippen LogP contribution >= 0.6 is 0 Å². The minimum Gasteiger partial charge on any atom is -0.383 e. The topological polar surface area (TPSA) is 30.8 Å². The molecule has 1 fully saturated rings. The third-order valence-corrected chi connectivity index (χ3v) is 2.33. The Kier molecular flexibility index (Phi) is 3.32. The Labute approximate surface area is 79.1 Å². The summed E-state index contributed by atoms with van der Waals surface area (Å²) in [7, 11) is 0. The Morgan fingerprint density at radius 1 is 1.77 bits per heavy atom. The van der Waals surface area contributed by atoms with E-state index in [1.165, 1.54) is 0 Å². The van der Waals surface area contributed by atoms with Crippen molar-refractivity contribution in [1.29, 1.82) is 0 Å². The van der Waals surface area contributed by atoms with Crippen LogP contribution in [0.1, 0.15) is 26.7 Å². The van der Waals surface area contributed by atoms with E-state index < -0.39 is 0 Å². The molecule has 0 saturated carbocycles. The predicted molar refractivity (Wildman–Crippen MR) is 51.5 cm³/mol. The molecule has 1 heterocycles. The lowest BCUT2D eigenvalue weighted by atomic mass is 9.98. The third-order valence-electron chi connectivity index (χ3n) is 2.33. The number of rotatable bonds is 3. The van der Waals surface area contributed by atoms with Crippen LogP contribution in [0.25, 0.3) is 0 Å². The molecule has 13 heavy (non-hydrogen) atoms. The van der Waals surface area contributed by atoms with Gasteiger partial charge in [-0.05, 0) is 26.7 Å². The molecule has 1 aliphatic heterocycles. The Morgan fingerprint density at radius 2 is 2.54 bits per heavy atom. The van der Waals surface area contributed by atoms with Crippen molar-refractivity contribution in [2.75, 3.05) is 13.2 Å². The summed E-state index contributed by atoms with van der Waals surface area (Å²) in [6.07, 6.45) is 7.11. The molecule has 0 aromatic carbocycles. The maximum atomic E-state index is 5.57. The molecule has 0 radical (unpaired) electrons. The van der Waals surface area contributed by atoms with Crippen LogP contribution in [0.3, 0.4) is 0 Å². The monoisotopic (exact) mass is 181 g/mol. The molecule has 1 saturated heterocycles. The van der Waals surface area contributed by atoms with Gasteiger partial charge in [0.1, 0.15) is 5.60 Å². The average molecular weight is 181 g/mol. The highest BCUT2D eigenvalue weighted by Gasteiger charge is 2.33. The largest absolute Gasteiger partial charge is 0.383 e. The van der Waals surface area contributed by atoms with Gasteiger partial charge in [0.2, 0.25) is 0 Å². The Bertz CT molecular complexity index is 234. The van der Waals surface area contributed by atoms with E-state index in [-0.39, 0.29) is 12.2 Å². The molecular weight excluding hydrogens is 166 g/mol. The number of oxime groups is 1. The van der Waals surface area contributed by atoms with Gasteiger partial charge >= 0.3 is 0 Å². The molecule has 1 rings (SSSR count). The third kappa shape index (κ3) is 2.46. The van der Waals surface area contributed by atoms with E-state index in [0.717, 1.165) is 25.2 Å². The molecule has 0 amide bonds. The summed E-state index contributed by atoms with van der Waals surface area (Å²) in [5.41, 5.74) is 0.620. The predicted octanol–water partition coefficient (Wildman–Crippen LogP) is 1.58. The van der Waals surface area contributed by atoms with Crippen molar-refractivity contribution in [3.8, 4) is 12.3 Å². The van der Waals surface area contributed by atoms with Crippen molar-refractivity contribution in [2.24, 2.45) is 5.16 Å². The lowest BCUT2D eigenvalue weighted by Gasteiger charge is -2.21. The summed E-state index contributed by atoms with van der Waals surface area (Å²) in [6, 6.07) is 0. The van der Waals surface area contributed by atoms with Gasteiger partial charge in [0.15, 0.2) is 6.61 Å². The zero-order chi connectivity index (χ0) is 9.73. The summed E-state index contributed by atoms with van der Waals surface area (Å²) in [5.74, 6) is 2.36. The molecule has 0 aromatic heterocycles. The van der Waals surface area contributed by atoms with E-state index in [0.29, 0.717) is 0 Å². The number of terminal acetylenes is 1. The van der Waals surface area contributed by atoms with Gasteiger partial charge in [0.25, 0.3) is 0 Å². The Balaban J connectivity index is 2.50. The van der Waals surface area contributed by atoms with E-state index >= 15 is 0 Å². The second-order valence-corrected chi connectivity index (χ2v) is 3.34. The van der Waals surface area contributed by atoms with Crippen molar-refractivity contribution in [1.82, 2.24) is 0 Å². The number of hydrogen-bond donors (Lipinski definition) is 0. The van der Waals surface area contributed by atoms with Crippen LogP contribution in [0.4, 0.5) is 0 Å². The highest BCUT2D eigenvalue weighted by atomic mass is 16.6. The minimum atomic E-state index is -0.241. The highest BCUT2D eigenvalue weighted by molar-refractivity contribution is 5.89. The molecule has 0 aromatic rings. The van der Waals surface area contributed by atoms with Gasteiger partial charge in [0, 0.05) is 6.61 Å².